The minimum atomic E-state index is -0.321. The lowest BCUT2D eigenvalue weighted by atomic mass is 9.65. The topological polar surface area (TPSA) is 6.48 Å². The summed E-state index contributed by atoms with van der Waals surface area (Å²) in [5.74, 6) is 0. The van der Waals surface area contributed by atoms with Gasteiger partial charge in [0, 0.05) is 27.3 Å². The summed E-state index contributed by atoms with van der Waals surface area (Å²) in [4.78, 5) is 5.06. The fourth-order valence-corrected chi connectivity index (χ4v) is 9.89. The molecular weight excluding hydrogens is 677 g/mol. The highest BCUT2D eigenvalue weighted by Gasteiger charge is 2.46. The molecule has 2 heteroatoms. The van der Waals surface area contributed by atoms with Gasteiger partial charge in [-0.3, -0.25) is 0 Å². The average Bonchev–Trinajstić information content (AvgIpc) is 3.23. The molecule has 268 valence electrons. The summed E-state index contributed by atoms with van der Waals surface area (Å²) in [7, 11) is 0. The number of hydrogen-bond acceptors (Lipinski definition) is 2. The number of hydrogen-bond donors (Lipinski definition) is 0. The maximum Gasteiger partial charge on any atom is 0.0544 e. The number of nitrogens with zero attached hydrogens (tertiary/aromatic N) is 2. The van der Waals surface area contributed by atoms with Gasteiger partial charge in [-0.05, 0) is 103 Å². The van der Waals surface area contributed by atoms with E-state index in [0.717, 1.165) is 5.69 Å². The van der Waals surface area contributed by atoms with Crippen molar-refractivity contribution in [2.45, 2.75) is 38.5 Å². The number of rotatable bonds is 4. The molecule has 0 atom stereocenters. The maximum absolute atomic E-state index is 2.57. The Morgan fingerprint density at radius 1 is 0.393 bits per heavy atom. The molecule has 2 aliphatic heterocycles. The van der Waals surface area contributed by atoms with Gasteiger partial charge < -0.3 is 9.80 Å². The Kier molecular flexibility index (Phi) is 6.98. The minimum absolute atomic E-state index is 0.204. The molecule has 0 saturated heterocycles. The van der Waals surface area contributed by atoms with Crippen LogP contribution in [0.5, 0.6) is 0 Å². The number of para-hydroxylation sites is 1. The van der Waals surface area contributed by atoms with Crippen LogP contribution in [0.15, 0.2) is 182 Å². The standard InChI is InChI=1S/C54H42N2/c1-53(2)44-26-11-12-27-50(44)56-51-31-30-39(55(48-28-14-20-36-17-6-9-23-42(36)48)49-29-15-21-37-18-7-10-24-43(37)49)34-45(51)54(3,4)47-33-38(32-46(53)52(47)56)41-25-13-19-35-16-5-8-22-40(35)41/h5-34H,1-4H3. The van der Waals surface area contributed by atoms with Crippen LogP contribution in [0.4, 0.5) is 34.1 Å². The fraction of sp³-hybridized carbons (Fsp3) is 0.111. The predicted molar refractivity (Wildman–Crippen MR) is 238 cm³/mol. The highest BCUT2D eigenvalue weighted by Crippen LogP contribution is 2.61. The summed E-state index contributed by atoms with van der Waals surface area (Å²) >= 11 is 0. The summed E-state index contributed by atoms with van der Waals surface area (Å²) < 4.78 is 0. The zero-order valence-electron chi connectivity index (χ0n) is 32.2. The Labute approximate surface area is 328 Å². The van der Waals surface area contributed by atoms with Crippen LogP contribution in [-0.2, 0) is 10.8 Å². The van der Waals surface area contributed by atoms with Crippen molar-refractivity contribution in [3.8, 4) is 11.1 Å². The van der Waals surface area contributed by atoms with Gasteiger partial charge >= 0.3 is 0 Å². The van der Waals surface area contributed by atoms with E-state index in [-0.39, 0.29) is 10.8 Å². The summed E-state index contributed by atoms with van der Waals surface area (Å²) in [5, 5.41) is 7.44. The zero-order valence-corrected chi connectivity index (χ0v) is 32.2. The Hall–Kier alpha value is -6.64. The first kappa shape index (κ1) is 32.8. The molecular formula is C54H42N2. The van der Waals surface area contributed by atoms with Crippen LogP contribution in [0, 0.1) is 0 Å². The van der Waals surface area contributed by atoms with E-state index >= 15 is 0 Å². The smallest absolute Gasteiger partial charge is 0.0544 e. The van der Waals surface area contributed by atoms with E-state index in [9.17, 15) is 0 Å². The molecule has 11 rings (SSSR count). The first-order valence-corrected chi connectivity index (χ1v) is 19.8. The average molecular weight is 719 g/mol. The number of anilines is 6. The van der Waals surface area contributed by atoms with Crippen LogP contribution >= 0.6 is 0 Å². The minimum Gasteiger partial charge on any atom is -0.309 e. The van der Waals surface area contributed by atoms with E-state index < -0.39 is 0 Å². The third-order valence-corrected chi connectivity index (χ3v) is 12.8. The van der Waals surface area contributed by atoms with E-state index in [1.165, 1.54) is 94.1 Å². The fourth-order valence-electron chi connectivity index (χ4n) is 9.89. The van der Waals surface area contributed by atoms with Gasteiger partial charge in [0.15, 0.2) is 0 Å². The molecule has 0 aliphatic carbocycles. The van der Waals surface area contributed by atoms with Crippen molar-refractivity contribution >= 4 is 66.4 Å². The highest BCUT2D eigenvalue weighted by molar-refractivity contribution is 6.06. The van der Waals surface area contributed by atoms with Gasteiger partial charge in [0.2, 0.25) is 0 Å². The third-order valence-electron chi connectivity index (χ3n) is 12.8. The second-order valence-electron chi connectivity index (χ2n) is 16.6. The van der Waals surface area contributed by atoms with Crippen LogP contribution < -0.4 is 9.80 Å². The van der Waals surface area contributed by atoms with Gasteiger partial charge in [-0.1, -0.05) is 161 Å². The molecule has 0 saturated carbocycles. The molecule has 9 aromatic rings. The second kappa shape index (κ2) is 11.9. The van der Waals surface area contributed by atoms with Crippen molar-refractivity contribution < 1.29 is 0 Å². The van der Waals surface area contributed by atoms with Crippen LogP contribution in [0.25, 0.3) is 43.4 Å². The molecule has 0 spiro atoms. The van der Waals surface area contributed by atoms with Crippen molar-refractivity contribution in [3.63, 3.8) is 0 Å². The van der Waals surface area contributed by atoms with Gasteiger partial charge in [0.1, 0.15) is 0 Å². The van der Waals surface area contributed by atoms with Crippen LogP contribution in [0.2, 0.25) is 0 Å². The van der Waals surface area contributed by atoms with E-state index in [1.807, 2.05) is 0 Å². The van der Waals surface area contributed by atoms with Gasteiger partial charge in [0.05, 0.1) is 28.4 Å². The predicted octanol–water partition coefficient (Wildman–Crippen LogP) is 15.0. The second-order valence-corrected chi connectivity index (χ2v) is 16.6. The Bertz CT molecular complexity index is 2960. The van der Waals surface area contributed by atoms with Crippen molar-refractivity contribution in [1.29, 1.82) is 0 Å². The van der Waals surface area contributed by atoms with E-state index in [1.54, 1.807) is 0 Å². The molecule has 0 unspecified atom stereocenters. The monoisotopic (exact) mass is 718 g/mol. The lowest BCUT2D eigenvalue weighted by Crippen LogP contribution is -2.38. The molecule has 0 N–H and O–H groups in total. The molecule has 56 heavy (non-hydrogen) atoms. The van der Waals surface area contributed by atoms with Crippen molar-refractivity contribution in [3.05, 3.63) is 204 Å². The molecule has 2 aliphatic rings. The number of benzene rings is 9. The van der Waals surface area contributed by atoms with E-state index in [4.69, 9.17) is 0 Å². The molecule has 0 bridgehead atoms. The normalized spacial score (nSPS) is 14.7. The Balaban J connectivity index is 1.20. The third kappa shape index (κ3) is 4.62. The molecule has 2 nitrogen and oxygen atoms in total. The summed E-state index contributed by atoms with van der Waals surface area (Å²) in [6, 6.07) is 67.6. The largest absolute Gasteiger partial charge is 0.309 e. The van der Waals surface area contributed by atoms with E-state index in [2.05, 4.69) is 219 Å². The summed E-state index contributed by atoms with van der Waals surface area (Å²) in [6.07, 6.45) is 0. The Morgan fingerprint density at radius 3 is 1.52 bits per heavy atom. The molecule has 2 heterocycles. The van der Waals surface area contributed by atoms with Gasteiger partial charge in [0.25, 0.3) is 0 Å². The lowest BCUT2D eigenvalue weighted by Gasteiger charge is -2.50. The van der Waals surface area contributed by atoms with Crippen LogP contribution in [0.1, 0.15) is 49.9 Å². The highest BCUT2D eigenvalue weighted by atomic mass is 15.2. The first-order chi connectivity index (χ1) is 27.3. The molecule has 0 radical (unpaired) electrons. The van der Waals surface area contributed by atoms with Crippen molar-refractivity contribution in [2.75, 3.05) is 9.80 Å². The van der Waals surface area contributed by atoms with Crippen molar-refractivity contribution in [1.82, 2.24) is 0 Å². The van der Waals surface area contributed by atoms with Gasteiger partial charge in [-0.2, -0.15) is 0 Å². The van der Waals surface area contributed by atoms with E-state index in [0.29, 0.717) is 0 Å². The van der Waals surface area contributed by atoms with Gasteiger partial charge in [-0.15, -0.1) is 0 Å². The quantitative estimate of drug-likeness (QED) is 0.179. The summed E-state index contributed by atoms with van der Waals surface area (Å²) in [5.41, 5.74) is 14.7. The molecule has 0 fully saturated rings. The lowest BCUT2D eigenvalue weighted by molar-refractivity contribution is 0.598. The maximum atomic E-state index is 2.57. The zero-order chi connectivity index (χ0) is 37.8. The molecule has 9 aromatic carbocycles. The molecule has 0 amide bonds. The summed E-state index contributed by atoms with van der Waals surface area (Å²) in [6.45, 7) is 9.68. The first-order valence-electron chi connectivity index (χ1n) is 19.8. The Morgan fingerprint density at radius 2 is 0.875 bits per heavy atom. The van der Waals surface area contributed by atoms with Crippen LogP contribution in [0.3, 0.4) is 0 Å². The van der Waals surface area contributed by atoms with Crippen molar-refractivity contribution in [2.24, 2.45) is 0 Å². The number of fused-ring (bicyclic) bond motifs is 7. The van der Waals surface area contributed by atoms with Crippen LogP contribution in [-0.4, -0.2) is 0 Å². The molecule has 0 aromatic heterocycles. The SMILES string of the molecule is CC1(C)c2ccccc2N2c3ccc(N(c4cccc5ccccc45)c4cccc5ccccc45)cc3C(C)(C)c3cc(-c4cccc5ccccc45)cc1c32. The van der Waals surface area contributed by atoms with Gasteiger partial charge in [-0.25, -0.2) is 0 Å².